The van der Waals surface area contributed by atoms with Gasteiger partial charge in [-0.2, -0.15) is 0 Å². The van der Waals surface area contributed by atoms with Crippen molar-refractivity contribution in [2.45, 2.75) is 32.4 Å². The number of amides is 1. The van der Waals surface area contributed by atoms with Crippen LogP contribution in [0.5, 0.6) is 17.2 Å². The van der Waals surface area contributed by atoms with Gasteiger partial charge in [0.05, 0.1) is 5.57 Å². The van der Waals surface area contributed by atoms with Gasteiger partial charge in [-0.25, -0.2) is 0 Å². The number of ether oxygens (including phenoxy) is 2. The lowest BCUT2D eigenvalue weighted by Gasteiger charge is -2.24. The lowest BCUT2D eigenvalue weighted by Crippen LogP contribution is -2.29. The number of hydrogen-bond acceptors (Lipinski definition) is 6. The van der Waals surface area contributed by atoms with E-state index in [0.29, 0.717) is 22.7 Å². The van der Waals surface area contributed by atoms with Gasteiger partial charge in [0.1, 0.15) is 35.2 Å². The van der Waals surface area contributed by atoms with E-state index in [9.17, 15) is 14.7 Å². The molecule has 1 saturated heterocycles. The third kappa shape index (κ3) is 4.25. The van der Waals surface area contributed by atoms with Gasteiger partial charge in [-0.3, -0.25) is 14.5 Å². The molecule has 6 nitrogen and oxygen atoms in total. The first-order chi connectivity index (χ1) is 18.4. The Kier molecular flexibility index (Phi) is 6.00. The molecule has 3 aromatic carbocycles. The Morgan fingerprint density at radius 1 is 1.00 bits per heavy atom. The van der Waals surface area contributed by atoms with Crippen LogP contribution in [0, 0.1) is 6.92 Å². The Morgan fingerprint density at radius 3 is 2.55 bits per heavy atom. The predicted octanol–water partition coefficient (Wildman–Crippen LogP) is 6.80. The van der Waals surface area contributed by atoms with E-state index in [-0.39, 0.29) is 17.4 Å². The number of nitrogens with zero attached hydrogens (tertiary/aromatic N) is 1. The van der Waals surface area contributed by atoms with Crippen molar-refractivity contribution in [3.05, 3.63) is 111 Å². The molecular formula is C31H25NO5S. The summed E-state index contributed by atoms with van der Waals surface area (Å²) >= 11 is 1.43. The molecule has 0 bridgehead atoms. The van der Waals surface area contributed by atoms with E-state index in [0.717, 1.165) is 28.2 Å². The molecule has 1 amide bonds. The van der Waals surface area contributed by atoms with E-state index in [1.807, 2.05) is 61.7 Å². The number of ketones is 1. The third-order valence-corrected chi connectivity index (χ3v) is 7.69. The smallest absolute Gasteiger partial charge is 0.300 e. The Bertz CT molecular complexity index is 1570. The molecule has 0 spiro atoms. The highest BCUT2D eigenvalue weighted by molar-refractivity contribution is 7.10. The molecule has 2 aliphatic rings. The number of rotatable bonds is 5. The lowest BCUT2D eigenvalue weighted by atomic mass is 9.98. The van der Waals surface area contributed by atoms with Crippen molar-refractivity contribution < 1.29 is 24.2 Å². The number of aliphatic hydroxyl groups excluding tert-OH is 1. The number of aliphatic hydroxyl groups is 1. The van der Waals surface area contributed by atoms with Gasteiger partial charge in [0.25, 0.3) is 11.7 Å². The summed E-state index contributed by atoms with van der Waals surface area (Å²) in [5, 5.41) is 13.3. The van der Waals surface area contributed by atoms with E-state index in [4.69, 9.17) is 9.47 Å². The van der Waals surface area contributed by atoms with E-state index in [1.165, 1.54) is 16.2 Å². The molecule has 7 heteroatoms. The number of fused-ring (bicyclic) bond motifs is 1. The first kappa shape index (κ1) is 24.0. The molecule has 2 unspecified atom stereocenters. The van der Waals surface area contributed by atoms with E-state index < -0.39 is 17.7 Å². The van der Waals surface area contributed by atoms with Crippen molar-refractivity contribution in [2.75, 3.05) is 4.90 Å². The highest BCUT2D eigenvalue weighted by Crippen LogP contribution is 2.44. The van der Waals surface area contributed by atoms with Crippen molar-refractivity contribution in [1.29, 1.82) is 0 Å². The summed E-state index contributed by atoms with van der Waals surface area (Å²) in [5.41, 5.74) is 3.15. The molecule has 1 aromatic heterocycles. The number of anilines is 1. The van der Waals surface area contributed by atoms with Crippen LogP contribution in [0.25, 0.3) is 5.76 Å². The number of Topliss-reactive ketones (excluding diaryl/α,β-unsaturated/α-hetero) is 1. The zero-order valence-corrected chi connectivity index (χ0v) is 21.7. The van der Waals surface area contributed by atoms with Crippen LogP contribution in [0.15, 0.2) is 89.8 Å². The monoisotopic (exact) mass is 523 g/mol. The molecule has 190 valence electrons. The van der Waals surface area contributed by atoms with Crippen molar-refractivity contribution in [3.63, 3.8) is 0 Å². The zero-order valence-electron chi connectivity index (χ0n) is 20.9. The van der Waals surface area contributed by atoms with Gasteiger partial charge in [-0.15, -0.1) is 11.3 Å². The van der Waals surface area contributed by atoms with E-state index in [1.54, 1.807) is 36.4 Å². The van der Waals surface area contributed by atoms with Gasteiger partial charge in [-0.1, -0.05) is 18.2 Å². The van der Waals surface area contributed by atoms with Crippen LogP contribution in [-0.4, -0.2) is 22.9 Å². The van der Waals surface area contributed by atoms with Crippen LogP contribution < -0.4 is 14.4 Å². The average molecular weight is 524 g/mol. The number of carbonyl (C=O) groups excluding carboxylic acids is 2. The quantitative estimate of drug-likeness (QED) is 0.177. The molecule has 38 heavy (non-hydrogen) atoms. The normalized spacial score (nSPS) is 19.9. The minimum Gasteiger partial charge on any atom is -0.507 e. The highest BCUT2D eigenvalue weighted by Gasteiger charge is 2.47. The average Bonchev–Trinajstić information content (AvgIpc) is 3.62. The standard InChI is InChI=1S/C31H25NO5S/c1-18-5-3-6-24(15-18)37-23-11-9-22(10-12-23)32-28(26-7-4-14-38-26)27(30(34)31(32)35)29(33)20-8-13-25-21(17-20)16-19(2)36-25/h3-15,17,19,28,33H,16H2,1-2H3/b29-27-. The Morgan fingerprint density at radius 2 is 1.82 bits per heavy atom. The van der Waals surface area contributed by atoms with E-state index >= 15 is 0 Å². The molecule has 3 heterocycles. The van der Waals surface area contributed by atoms with Crippen LogP contribution in [0.4, 0.5) is 5.69 Å². The number of thiophene rings is 1. The maximum Gasteiger partial charge on any atom is 0.300 e. The molecule has 1 N–H and O–H groups in total. The maximum atomic E-state index is 13.4. The fourth-order valence-electron chi connectivity index (χ4n) is 5.03. The number of benzene rings is 3. The Balaban J connectivity index is 1.38. The minimum atomic E-state index is -0.748. The fourth-order valence-corrected chi connectivity index (χ4v) is 5.85. The summed E-state index contributed by atoms with van der Waals surface area (Å²) in [6.07, 6.45) is 0.771. The number of aryl methyl sites for hydroxylation is 1. The Labute approximate surface area is 224 Å². The van der Waals surface area contributed by atoms with Gasteiger partial charge in [0.15, 0.2) is 0 Å². The summed E-state index contributed by atoms with van der Waals surface area (Å²) in [6, 6.07) is 23.1. The molecule has 1 fully saturated rings. The van der Waals surface area contributed by atoms with Crippen LogP contribution >= 0.6 is 11.3 Å². The van der Waals surface area contributed by atoms with E-state index in [2.05, 4.69) is 0 Å². The first-order valence-corrected chi connectivity index (χ1v) is 13.3. The summed E-state index contributed by atoms with van der Waals surface area (Å²) in [5.74, 6) is 0.508. The number of carbonyl (C=O) groups is 2. The van der Waals surface area contributed by atoms with Gasteiger partial charge >= 0.3 is 0 Å². The minimum absolute atomic E-state index is 0.0527. The van der Waals surface area contributed by atoms with Gasteiger partial charge in [-0.05, 0) is 91.0 Å². The molecule has 0 aliphatic carbocycles. The largest absolute Gasteiger partial charge is 0.507 e. The van der Waals surface area contributed by atoms with Gasteiger partial charge in [0.2, 0.25) is 0 Å². The molecule has 2 atom stereocenters. The number of hydrogen-bond donors (Lipinski definition) is 1. The summed E-state index contributed by atoms with van der Waals surface area (Å²) in [7, 11) is 0. The molecule has 6 rings (SSSR count). The SMILES string of the molecule is Cc1cccc(Oc2ccc(N3C(=O)C(=O)/C(=C(\O)c4ccc5c(c4)CC(C)O5)C3c3cccs3)cc2)c1. The predicted molar refractivity (Wildman–Crippen MR) is 147 cm³/mol. The van der Waals surface area contributed by atoms with Crippen LogP contribution in [-0.2, 0) is 16.0 Å². The van der Waals surface area contributed by atoms with Gasteiger partial charge < -0.3 is 14.6 Å². The summed E-state index contributed by atoms with van der Waals surface area (Å²) in [4.78, 5) is 29.0. The molecule has 0 radical (unpaired) electrons. The van der Waals surface area contributed by atoms with Crippen molar-refractivity contribution in [1.82, 2.24) is 0 Å². The topological polar surface area (TPSA) is 76.1 Å². The third-order valence-electron chi connectivity index (χ3n) is 6.77. The second-order valence-corrected chi connectivity index (χ2v) is 10.5. The second-order valence-electron chi connectivity index (χ2n) is 9.55. The first-order valence-electron chi connectivity index (χ1n) is 12.4. The molecular weight excluding hydrogens is 498 g/mol. The lowest BCUT2D eigenvalue weighted by molar-refractivity contribution is -0.132. The zero-order chi connectivity index (χ0) is 26.4. The Hall–Kier alpha value is -4.36. The maximum absolute atomic E-state index is 13.4. The summed E-state index contributed by atoms with van der Waals surface area (Å²) in [6.45, 7) is 3.98. The molecule has 4 aromatic rings. The summed E-state index contributed by atoms with van der Waals surface area (Å²) < 4.78 is 11.7. The van der Waals surface area contributed by atoms with Crippen molar-refractivity contribution >= 4 is 34.5 Å². The van der Waals surface area contributed by atoms with Crippen LogP contribution in [0.3, 0.4) is 0 Å². The van der Waals surface area contributed by atoms with Crippen LogP contribution in [0.2, 0.25) is 0 Å². The highest BCUT2D eigenvalue weighted by atomic mass is 32.1. The molecule has 0 saturated carbocycles. The van der Waals surface area contributed by atoms with Gasteiger partial charge in [0, 0.05) is 22.5 Å². The van der Waals surface area contributed by atoms with Crippen LogP contribution in [0.1, 0.15) is 34.5 Å². The van der Waals surface area contributed by atoms with Crippen molar-refractivity contribution in [2.24, 2.45) is 0 Å². The molecule has 2 aliphatic heterocycles. The second kappa shape index (κ2) is 9.50. The fraction of sp³-hybridized carbons (Fsp3) is 0.161. The van der Waals surface area contributed by atoms with Crippen molar-refractivity contribution in [3.8, 4) is 17.2 Å².